The maximum absolute atomic E-state index is 5.04. The molecular weight excluding hydrogens is 357 g/mol. The van der Waals surface area contributed by atoms with Gasteiger partial charge in [-0.25, -0.2) is 0 Å². The minimum atomic E-state index is -2.83. The normalized spacial score (nSPS) is 12.9. The van der Waals surface area contributed by atoms with Gasteiger partial charge < -0.3 is 0 Å². The Bertz CT molecular complexity index is 195. The average molecular weight is 384 g/mol. The van der Waals surface area contributed by atoms with Crippen LogP contribution in [-0.4, -0.2) is 58.7 Å². The van der Waals surface area contributed by atoms with Gasteiger partial charge in [-0.2, -0.15) is 0 Å². The van der Waals surface area contributed by atoms with Gasteiger partial charge in [0.2, 0.25) is 0 Å². The molecule has 0 aromatic heterocycles. The summed E-state index contributed by atoms with van der Waals surface area (Å²) in [6.07, 6.45) is 2.43. The third-order valence-electron chi connectivity index (χ3n) is 2.41. The molecule has 15 heavy (non-hydrogen) atoms. The molecule has 0 fully saturated rings. The topological polar surface area (TPSA) is 22.1 Å². The number of rotatable bonds is 6. The van der Waals surface area contributed by atoms with Crippen molar-refractivity contribution in [2.45, 2.75) is 19.8 Å². The molecule has 0 unspecified atom stereocenters. The Balaban J connectivity index is 5.04. The van der Waals surface area contributed by atoms with Crippen molar-refractivity contribution in [3.63, 3.8) is 0 Å². The standard InChI is InChI=1S/C4H9N.3C2H6N.Ta/c1-2-3-4-5;3*1-3-2;/h2-4H2,1H3;3*1-2H3;/q;3*-1;+3. The molecule has 0 bridgehead atoms. The summed E-state index contributed by atoms with van der Waals surface area (Å²) in [4.78, 5) is 0. The van der Waals surface area contributed by atoms with Gasteiger partial charge in [0.05, 0.1) is 0 Å². The Morgan fingerprint density at radius 1 is 0.867 bits per heavy atom. The fourth-order valence-corrected chi connectivity index (χ4v) is 13.7. The van der Waals surface area contributed by atoms with E-state index in [9.17, 15) is 0 Å². The monoisotopic (exact) mass is 384 g/mol. The number of unbranched alkanes of at least 4 members (excludes halogenated alkanes) is 1. The number of nitrogens with zero attached hydrogens (tertiary/aromatic N) is 4. The third kappa shape index (κ3) is 3.73. The minimum absolute atomic E-state index is 1.00. The quantitative estimate of drug-likeness (QED) is 0.649. The molecule has 0 rings (SSSR count). The second-order valence-corrected chi connectivity index (χ2v) is 17.8. The summed E-state index contributed by atoms with van der Waals surface area (Å²) in [5, 5.41) is 0. The predicted molar refractivity (Wildman–Crippen MR) is 63.3 cm³/mol. The predicted octanol–water partition coefficient (Wildman–Crippen LogP) is 1.55. The molecule has 0 spiro atoms. The van der Waals surface area contributed by atoms with E-state index >= 15 is 0 Å². The van der Waals surface area contributed by atoms with Crippen molar-refractivity contribution >= 4 is 0 Å². The van der Waals surface area contributed by atoms with Gasteiger partial charge in [-0.15, -0.1) is 0 Å². The summed E-state index contributed by atoms with van der Waals surface area (Å²) >= 11 is -2.83. The van der Waals surface area contributed by atoms with Gasteiger partial charge in [0, 0.05) is 0 Å². The van der Waals surface area contributed by atoms with Crippen LogP contribution in [0.3, 0.4) is 0 Å². The van der Waals surface area contributed by atoms with E-state index in [1.165, 1.54) is 12.8 Å². The fourth-order valence-electron chi connectivity index (χ4n) is 1.82. The van der Waals surface area contributed by atoms with Crippen molar-refractivity contribution in [2.24, 2.45) is 3.34 Å². The number of hydrogen-bond acceptors (Lipinski definition) is 1. The molecule has 0 aliphatic rings. The van der Waals surface area contributed by atoms with E-state index < -0.39 is 17.7 Å². The second-order valence-electron chi connectivity index (χ2n) is 4.30. The molecule has 0 aromatic rings. The van der Waals surface area contributed by atoms with Crippen LogP contribution in [0.2, 0.25) is 0 Å². The van der Waals surface area contributed by atoms with Crippen LogP contribution in [0, 0.1) is 0 Å². The average Bonchev–Trinajstić information content (AvgIpc) is 2.10. The maximum atomic E-state index is 5.04. The van der Waals surface area contributed by atoms with Gasteiger partial charge in [-0.1, -0.05) is 0 Å². The molecule has 5 heteroatoms. The Morgan fingerprint density at radius 2 is 1.27 bits per heavy atom. The van der Waals surface area contributed by atoms with E-state index in [1.807, 2.05) is 0 Å². The van der Waals surface area contributed by atoms with Gasteiger partial charge in [0.15, 0.2) is 0 Å². The zero-order chi connectivity index (χ0) is 12.1. The first kappa shape index (κ1) is 15.4. The summed E-state index contributed by atoms with van der Waals surface area (Å²) in [6.45, 7) is 3.22. The number of hydrogen-bond donors (Lipinski definition) is 0. The van der Waals surface area contributed by atoms with Crippen molar-refractivity contribution in [1.82, 2.24) is 9.91 Å². The molecule has 0 aliphatic heterocycles. The Hall–Kier alpha value is 0.420. The van der Waals surface area contributed by atoms with Crippen LogP contribution in [0.1, 0.15) is 19.8 Å². The van der Waals surface area contributed by atoms with Crippen molar-refractivity contribution in [2.75, 3.05) is 48.8 Å². The molecule has 0 aliphatic carbocycles. The van der Waals surface area contributed by atoms with Crippen molar-refractivity contribution in [3.8, 4) is 0 Å². The molecule has 0 aromatic carbocycles. The molecule has 0 radical (unpaired) electrons. The molecule has 0 amide bonds. The third-order valence-corrected chi connectivity index (χ3v) is 16.1. The molecule has 4 nitrogen and oxygen atoms in total. The Labute approximate surface area is 99.6 Å². The Kier molecular flexibility index (Phi) is 7.08. The summed E-state index contributed by atoms with van der Waals surface area (Å²) < 4.78 is 12.1. The van der Waals surface area contributed by atoms with E-state index in [0.717, 1.165) is 6.54 Å². The summed E-state index contributed by atoms with van der Waals surface area (Å²) in [5.41, 5.74) is 0. The van der Waals surface area contributed by atoms with Gasteiger partial charge in [-0.3, -0.25) is 0 Å². The fraction of sp³-hybridized carbons (Fsp3) is 1.00. The van der Waals surface area contributed by atoms with Crippen LogP contribution in [0.5, 0.6) is 0 Å². The van der Waals surface area contributed by atoms with E-state index in [0.29, 0.717) is 0 Å². The van der Waals surface area contributed by atoms with E-state index in [1.54, 1.807) is 0 Å². The first-order chi connectivity index (χ1) is 6.89. The van der Waals surface area contributed by atoms with Gasteiger partial charge in [-0.05, 0) is 0 Å². The zero-order valence-electron chi connectivity index (χ0n) is 11.4. The Morgan fingerprint density at radius 3 is 1.53 bits per heavy atom. The molecule has 0 saturated heterocycles. The van der Waals surface area contributed by atoms with Crippen LogP contribution < -0.4 is 0 Å². The molecule has 0 saturated carbocycles. The van der Waals surface area contributed by atoms with E-state index in [4.69, 9.17) is 3.34 Å². The second kappa shape index (κ2) is 6.89. The molecule has 0 N–H and O–H groups in total. The first-order valence-corrected chi connectivity index (χ1v) is 11.3. The van der Waals surface area contributed by atoms with Gasteiger partial charge in [0.1, 0.15) is 0 Å². The van der Waals surface area contributed by atoms with Gasteiger partial charge >= 0.3 is 99.6 Å². The van der Waals surface area contributed by atoms with Crippen molar-refractivity contribution in [3.05, 3.63) is 0 Å². The van der Waals surface area contributed by atoms with Crippen LogP contribution in [0.25, 0.3) is 0 Å². The van der Waals surface area contributed by atoms with Gasteiger partial charge in [0.25, 0.3) is 0 Å². The van der Waals surface area contributed by atoms with Crippen LogP contribution in [0.4, 0.5) is 0 Å². The van der Waals surface area contributed by atoms with E-state index in [2.05, 4.69) is 59.1 Å². The van der Waals surface area contributed by atoms with Crippen LogP contribution in [-0.2, 0) is 17.7 Å². The first-order valence-electron chi connectivity index (χ1n) is 5.51. The zero-order valence-corrected chi connectivity index (χ0v) is 14.6. The molecule has 0 heterocycles. The summed E-state index contributed by atoms with van der Waals surface area (Å²) in [6, 6.07) is 0. The van der Waals surface area contributed by atoms with Crippen LogP contribution in [0.15, 0.2) is 3.34 Å². The summed E-state index contributed by atoms with van der Waals surface area (Å²) in [5.74, 6) is 0. The van der Waals surface area contributed by atoms with Crippen LogP contribution >= 0.6 is 0 Å². The van der Waals surface area contributed by atoms with Crippen molar-refractivity contribution < 1.29 is 17.7 Å². The molecular formula is C10H27N4Ta. The molecule has 92 valence electrons. The SMILES string of the molecule is CCCC[N]=[Ta]([N](C)C)([N](C)C)[N](C)C. The summed E-state index contributed by atoms with van der Waals surface area (Å²) in [7, 11) is 13.0. The van der Waals surface area contributed by atoms with Crippen molar-refractivity contribution in [1.29, 1.82) is 0 Å². The van der Waals surface area contributed by atoms with E-state index in [-0.39, 0.29) is 0 Å². The molecule has 0 atom stereocenters.